The van der Waals surface area contributed by atoms with Gasteiger partial charge < -0.3 is 25.7 Å². The fraction of sp³-hybridized carbons (Fsp3) is 0.600. The standard InChI is InChI=1S/C3H10NO3P.C2H2O4/c4-2-1-3-8(5,6)7;3-1(4)2(5)6/h1-4H2,(H2,5,6,7);(H,3,4)(H,5,6). The molecule has 0 radical (unpaired) electrons. The Bertz CT molecular complexity index is 222. The van der Waals surface area contributed by atoms with E-state index in [0.29, 0.717) is 13.0 Å². The van der Waals surface area contributed by atoms with Crippen molar-refractivity contribution < 1.29 is 34.2 Å². The Labute approximate surface area is 79.5 Å². The van der Waals surface area contributed by atoms with Gasteiger partial charge in [0.2, 0.25) is 0 Å². The lowest BCUT2D eigenvalue weighted by Crippen LogP contribution is -2.09. The molecular formula is C5H12NO7P. The number of carbonyl (C=O) groups is 2. The minimum atomic E-state index is -3.76. The number of rotatable bonds is 3. The maximum Gasteiger partial charge on any atom is 0.414 e. The topological polar surface area (TPSA) is 158 Å². The maximum atomic E-state index is 10.0. The van der Waals surface area contributed by atoms with Gasteiger partial charge in [-0.2, -0.15) is 0 Å². The lowest BCUT2D eigenvalue weighted by atomic mass is 10.5. The van der Waals surface area contributed by atoms with E-state index in [0.717, 1.165) is 0 Å². The lowest BCUT2D eigenvalue weighted by molar-refractivity contribution is -0.159. The van der Waals surface area contributed by atoms with Crippen molar-refractivity contribution in [2.75, 3.05) is 12.7 Å². The molecule has 0 bridgehead atoms. The molecule has 0 aromatic rings. The van der Waals surface area contributed by atoms with Gasteiger partial charge in [-0.1, -0.05) is 0 Å². The third kappa shape index (κ3) is 17.2. The van der Waals surface area contributed by atoms with Gasteiger partial charge in [0, 0.05) is 0 Å². The monoisotopic (exact) mass is 229 g/mol. The van der Waals surface area contributed by atoms with Gasteiger partial charge in [-0.05, 0) is 13.0 Å². The normalized spacial score (nSPS) is 9.93. The minimum absolute atomic E-state index is 0.0938. The van der Waals surface area contributed by atoms with Gasteiger partial charge in [0.1, 0.15) is 0 Å². The van der Waals surface area contributed by atoms with Crippen molar-refractivity contribution >= 4 is 19.5 Å². The SMILES string of the molecule is NCCCP(=O)(O)O.O=C(O)C(=O)O. The molecule has 0 atom stereocenters. The average Bonchev–Trinajstić information content (AvgIpc) is 2.00. The van der Waals surface area contributed by atoms with Crippen molar-refractivity contribution in [3.05, 3.63) is 0 Å². The highest BCUT2D eigenvalue weighted by molar-refractivity contribution is 7.51. The molecule has 0 spiro atoms. The summed E-state index contributed by atoms with van der Waals surface area (Å²) in [6.45, 7) is 0.338. The number of carboxylic acids is 2. The van der Waals surface area contributed by atoms with Gasteiger partial charge >= 0.3 is 19.5 Å². The molecule has 0 heterocycles. The summed E-state index contributed by atoms with van der Waals surface area (Å²) < 4.78 is 10.0. The van der Waals surface area contributed by atoms with E-state index in [1.54, 1.807) is 0 Å². The summed E-state index contributed by atoms with van der Waals surface area (Å²) in [6, 6.07) is 0. The van der Waals surface area contributed by atoms with Crippen LogP contribution in [0.2, 0.25) is 0 Å². The summed E-state index contributed by atoms with van der Waals surface area (Å²) in [6.07, 6.45) is 0.299. The first-order valence-corrected chi connectivity index (χ1v) is 5.21. The molecule has 0 aromatic heterocycles. The van der Waals surface area contributed by atoms with Gasteiger partial charge in [-0.25, -0.2) is 9.59 Å². The highest BCUT2D eigenvalue weighted by Crippen LogP contribution is 2.34. The molecule has 8 nitrogen and oxygen atoms in total. The molecule has 0 saturated carbocycles. The van der Waals surface area contributed by atoms with E-state index in [2.05, 4.69) is 0 Å². The van der Waals surface area contributed by atoms with E-state index in [4.69, 9.17) is 35.3 Å². The Hall–Kier alpha value is -0.950. The first-order chi connectivity index (χ1) is 6.20. The Balaban J connectivity index is 0. The van der Waals surface area contributed by atoms with Gasteiger partial charge in [-0.15, -0.1) is 0 Å². The zero-order valence-corrected chi connectivity index (χ0v) is 8.05. The third-order valence-corrected chi connectivity index (χ3v) is 1.74. The van der Waals surface area contributed by atoms with Crippen LogP contribution in [-0.2, 0) is 14.2 Å². The Morgan fingerprint density at radius 1 is 1.14 bits per heavy atom. The predicted molar refractivity (Wildman–Crippen MR) is 45.9 cm³/mol. The van der Waals surface area contributed by atoms with Crippen molar-refractivity contribution in [3.63, 3.8) is 0 Å². The molecule has 0 aromatic carbocycles. The zero-order chi connectivity index (χ0) is 11.8. The average molecular weight is 229 g/mol. The molecule has 84 valence electrons. The molecule has 0 rings (SSSR count). The summed E-state index contributed by atoms with van der Waals surface area (Å²) in [5.41, 5.74) is 4.99. The number of hydrogen-bond acceptors (Lipinski definition) is 4. The van der Waals surface area contributed by atoms with E-state index in [9.17, 15) is 4.57 Å². The van der Waals surface area contributed by atoms with Crippen molar-refractivity contribution in [2.45, 2.75) is 6.42 Å². The van der Waals surface area contributed by atoms with E-state index < -0.39 is 19.5 Å². The molecule has 6 N–H and O–H groups in total. The fourth-order valence-corrected chi connectivity index (χ4v) is 0.892. The molecule has 0 aliphatic heterocycles. The molecule has 9 heteroatoms. The van der Waals surface area contributed by atoms with Crippen molar-refractivity contribution in [1.29, 1.82) is 0 Å². The zero-order valence-electron chi connectivity index (χ0n) is 7.16. The van der Waals surface area contributed by atoms with Crippen molar-refractivity contribution in [2.24, 2.45) is 5.73 Å². The van der Waals surface area contributed by atoms with Crippen LogP contribution >= 0.6 is 7.60 Å². The van der Waals surface area contributed by atoms with Crippen LogP contribution in [-0.4, -0.2) is 44.6 Å². The van der Waals surface area contributed by atoms with Crippen LogP contribution < -0.4 is 5.73 Å². The lowest BCUT2D eigenvalue weighted by Gasteiger charge is -1.98. The first kappa shape index (κ1) is 15.5. The van der Waals surface area contributed by atoms with Crippen LogP contribution in [0.3, 0.4) is 0 Å². The minimum Gasteiger partial charge on any atom is -0.473 e. The predicted octanol–water partition coefficient (Wildman–Crippen LogP) is -1.33. The van der Waals surface area contributed by atoms with E-state index in [1.165, 1.54) is 0 Å². The van der Waals surface area contributed by atoms with Crippen LogP contribution in [0.15, 0.2) is 0 Å². The molecule has 0 unspecified atom stereocenters. The second kappa shape index (κ2) is 7.45. The largest absolute Gasteiger partial charge is 0.473 e. The molecular weight excluding hydrogens is 217 g/mol. The molecule has 0 fully saturated rings. The smallest absolute Gasteiger partial charge is 0.414 e. The molecule has 0 aliphatic carbocycles. The fourth-order valence-electron chi connectivity index (χ4n) is 0.297. The summed E-state index contributed by atoms with van der Waals surface area (Å²) in [4.78, 5) is 34.6. The second-order valence-electron chi connectivity index (χ2n) is 2.14. The Morgan fingerprint density at radius 2 is 1.50 bits per heavy atom. The van der Waals surface area contributed by atoms with E-state index in [1.807, 2.05) is 0 Å². The van der Waals surface area contributed by atoms with Gasteiger partial charge in [-0.3, -0.25) is 4.57 Å². The molecule has 0 aliphatic rings. The quantitative estimate of drug-likeness (QED) is 0.294. The van der Waals surface area contributed by atoms with E-state index in [-0.39, 0.29) is 6.16 Å². The number of nitrogens with two attached hydrogens (primary N) is 1. The summed E-state index contributed by atoms with van der Waals surface area (Å²) >= 11 is 0. The van der Waals surface area contributed by atoms with Crippen molar-refractivity contribution in [3.8, 4) is 0 Å². The number of carboxylic acid groups (broad SMARTS) is 2. The van der Waals surface area contributed by atoms with Crippen LogP contribution in [0, 0.1) is 0 Å². The first-order valence-electron chi connectivity index (χ1n) is 3.41. The van der Waals surface area contributed by atoms with Gasteiger partial charge in [0.25, 0.3) is 0 Å². The van der Waals surface area contributed by atoms with Crippen LogP contribution in [0.4, 0.5) is 0 Å². The van der Waals surface area contributed by atoms with Crippen LogP contribution in [0.5, 0.6) is 0 Å². The van der Waals surface area contributed by atoms with Crippen molar-refractivity contribution in [1.82, 2.24) is 0 Å². The third-order valence-electron chi connectivity index (χ3n) is 0.836. The van der Waals surface area contributed by atoms with Gasteiger partial charge in [0.15, 0.2) is 0 Å². The van der Waals surface area contributed by atoms with Crippen LogP contribution in [0.25, 0.3) is 0 Å². The summed E-state index contributed by atoms with van der Waals surface area (Å²) in [5.74, 6) is -3.65. The molecule has 14 heavy (non-hydrogen) atoms. The Kier molecular flexibility index (Phi) is 8.26. The van der Waals surface area contributed by atoms with Crippen LogP contribution in [0.1, 0.15) is 6.42 Å². The van der Waals surface area contributed by atoms with Gasteiger partial charge in [0.05, 0.1) is 6.16 Å². The Morgan fingerprint density at radius 3 is 1.57 bits per heavy atom. The highest BCUT2D eigenvalue weighted by Gasteiger charge is 2.09. The summed E-state index contributed by atoms with van der Waals surface area (Å²) in [7, 11) is -3.76. The molecule has 0 saturated heterocycles. The molecule has 0 amide bonds. The summed E-state index contributed by atoms with van der Waals surface area (Å²) in [5, 5.41) is 14.8. The second-order valence-corrected chi connectivity index (χ2v) is 3.92. The number of hydrogen-bond donors (Lipinski definition) is 5. The highest BCUT2D eigenvalue weighted by atomic mass is 31.2. The van der Waals surface area contributed by atoms with E-state index >= 15 is 0 Å². The maximum absolute atomic E-state index is 10.0. The number of aliphatic carboxylic acids is 2.